The summed E-state index contributed by atoms with van der Waals surface area (Å²) in [7, 11) is 0. The fourth-order valence-corrected chi connectivity index (χ4v) is 1.47. The molecule has 0 aliphatic heterocycles. The third kappa shape index (κ3) is 5.67. The second-order valence-corrected chi connectivity index (χ2v) is 3.46. The van der Waals surface area contributed by atoms with Crippen LogP contribution in [0.5, 0.6) is 0 Å². The number of nitrogens with two attached hydrogens (primary N) is 1. The molecule has 0 radical (unpaired) electrons. The highest BCUT2D eigenvalue weighted by molar-refractivity contribution is 5.85. The zero-order valence-corrected chi connectivity index (χ0v) is 8.53. The predicted molar refractivity (Wildman–Crippen MR) is 49.5 cm³/mol. The van der Waals surface area contributed by atoms with E-state index in [1.54, 1.807) is 0 Å². The van der Waals surface area contributed by atoms with Crippen molar-refractivity contribution in [2.24, 2.45) is 5.73 Å². The molecule has 0 aromatic heterocycles. The molecule has 0 amide bonds. The molecule has 0 bridgehead atoms. The Bertz CT molecular complexity index is 157. The minimum atomic E-state index is -4.21. The largest absolute Gasteiger partial charge is 0.411 e. The fourth-order valence-electron chi connectivity index (χ4n) is 1.47. The van der Waals surface area contributed by atoms with Crippen molar-refractivity contribution in [3.05, 3.63) is 0 Å². The molecule has 6 heteroatoms. The maximum atomic E-state index is 11.7. The summed E-state index contributed by atoms with van der Waals surface area (Å²) in [5, 5.41) is 0. The van der Waals surface area contributed by atoms with Gasteiger partial charge in [0.05, 0.1) is 6.10 Å². The molecular weight excluding hydrogens is 219 g/mol. The van der Waals surface area contributed by atoms with Crippen molar-refractivity contribution in [2.75, 3.05) is 6.61 Å². The van der Waals surface area contributed by atoms with Crippen LogP contribution in [0.3, 0.4) is 0 Å². The Morgan fingerprint density at radius 1 is 1.14 bits per heavy atom. The van der Waals surface area contributed by atoms with Crippen molar-refractivity contribution >= 4 is 12.4 Å². The summed E-state index contributed by atoms with van der Waals surface area (Å²) in [6.45, 7) is -1.13. The summed E-state index contributed by atoms with van der Waals surface area (Å²) >= 11 is 0. The van der Waals surface area contributed by atoms with Gasteiger partial charge in [-0.25, -0.2) is 0 Å². The van der Waals surface area contributed by atoms with Crippen LogP contribution in [0.2, 0.25) is 0 Å². The monoisotopic (exact) mass is 233 g/mol. The molecule has 2 nitrogen and oxygen atoms in total. The summed E-state index contributed by atoms with van der Waals surface area (Å²) < 4.78 is 39.9. The number of rotatable bonds is 2. The molecule has 1 rings (SSSR count). The number of alkyl halides is 3. The van der Waals surface area contributed by atoms with Gasteiger partial charge >= 0.3 is 6.18 Å². The van der Waals surface area contributed by atoms with Gasteiger partial charge in [0.15, 0.2) is 0 Å². The van der Waals surface area contributed by atoms with Gasteiger partial charge in [-0.1, -0.05) is 0 Å². The average molecular weight is 234 g/mol. The minimum absolute atomic E-state index is 0. The van der Waals surface area contributed by atoms with Crippen LogP contribution < -0.4 is 5.73 Å². The van der Waals surface area contributed by atoms with Gasteiger partial charge in [-0.05, 0) is 25.7 Å². The van der Waals surface area contributed by atoms with Crippen molar-refractivity contribution in [3.8, 4) is 0 Å². The van der Waals surface area contributed by atoms with Crippen LogP contribution in [0.25, 0.3) is 0 Å². The van der Waals surface area contributed by atoms with Crippen molar-refractivity contribution < 1.29 is 17.9 Å². The number of halogens is 4. The maximum Gasteiger partial charge on any atom is 0.411 e. The first-order valence-corrected chi connectivity index (χ1v) is 4.41. The zero-order valence-electron chi connectivity index (χ0n) is 7.72. The van der Waals surface area contributed by atoms with Gasteiger partial charge in [0.2, 0.25) is 0 Å². The third-order valence-electron chi connectivity index (χ3n) is 2.20. The summed E-state index contributed by atoms with van der Waals surface area (Å²) in [6.07, 6.45) is -1.62. The van der Waals surface area contributed by atoms with Gasteiger partial charge in [-0.3, -0.25) is 0 Å². The lowest BCUT2D eigenvalue weighted by Gasteiger charge is -2.26. The molecule has 0 spiro atoms. The Balaban J connectivity index is 0.00000169. The highest BCUT2D eigenvalue weighted by atomic mass is 35.5. The lowest BCUT2D eigenvalue weighted by Crippen LogP contribution is -2.32. The molecule has 0 aromatic rings. The smallest absolute Gasteiger partial charge is 0.369 e. The van der Waals surface area contributed by atoms with E-state index in [1.807, 2.05) is 0 Å². The first kappa shape index (κ1) is 14.0. The summed E-state index contributed by atoms with van der Waals surface area (Å²) in [5.74, 6) is 0. The minimum Gasteiger partial charge on any atom is -0.369 e. The van der Waals surface area contributed by atoms with Crippen molar-refractivity contribution in [2.45, 2.75) is 44.0 Å². The van der Waals surface area contributed by atoms with Crippen LogP contribution in [0, 0.1) is 0 Å². The molecule has 1 fully saturated rings. The van der Waals surface area contributed by atoms with Crippen molar-refractivity contribution in [1.29, 1.82) is 0 Å². The van der Waals surface area contributed by atoms with Gasteiger partial charge in [0.25, 0.3) is 0 Å². The molecular formula is C8H15ClF3NO. The summed E-state index contributed by atoms with van der Waals surface area (Å²) in [6, 6.07) is 0.144. The molecule has 1 aliphatic carbocycles. The van der Waals surface area contributed by atoms with Crippen molar-refractivity contribution in [3.63, 3.8) is 0 Å². The molecule has 14 heavy (non-hydrogen) atoms. The second-order valence-electron chi connectivity index (χ2n) is 3.46. The SMILES string of the molecule is Cl.NC1CCC(OCC(F)(F)F)CC1. The van der Waals surface area contributed by atoms with E-state index >= 15 is 0 Å². The molecule has 0 heterocycles. The van der Waals surface area contributed by atoms with Crippen LogP contribution in [0.4, 0.5) is 13.2 Å². The Hall–Kier alpha value is -0.0000000000000000555. The van der Waals surface area contributed by atoms with Crippen LogP contribution >= 0.6 is 12.4 Å². The number of ether oxygens (including phenoxy) is 1. The second kappa shape index (κ2) is 5.78. The van der Waals surface area contributed by atoms with E-state index in [-0.39, 0.29) is 24.6 Å². The Morgan fingerprint density at radius 2 is 1.64 bits per heavy atom. The Morgan fingerprint density at radius 3 is 2.07 bits per heavy atom. The predicted octanol–water partition coefficient (Wildman–Crippen LogP) is 2.26. The van der Waals surface area contributed by atoms with E-state index in [9.17, 15) is 13.2 Å². The van der Waals surface area contributed by atoms with Crippen molar-refractivity contribution in [1.82, 2.24) is 0 Å². The van der Waals surface area contributed by atoms with E-state index in [4.69, 9.17) is 10.5 Å². The van der Waals surface area contributed by atoms with E-state index in [0.29, 0.717) is 12.8 Å². The van der Waals surface area contributed by atoms with E-state index in [1.165, 1.54) is 0 Å². The molecule has 1 saturated carbocycles. The fraction of sp³-hybridized carbons (Fsp3) is 1.00. The Labute approximate surface area is 87.4 Å². The van der Waals surface area contributed by atoms with Crippen LogP contribution in [-0.2, 0) is 4.74 Å². The topological polar surface area (TPSA) is 35.2 Å². The van der Waals surface area contributed by atoms with E-state index in [0.717, 1.165) is 12.8 Å². The molecule has 0 aromatic carbocycles. The molecule has 0 saturated heterocycles. The molecule has 0 atom stereocenters. The Kier molecular flexibility index (Phi) is 5.78. The lowest BCUT2D eigenvalue weighted by molar-refractivity contribution is -0.188. The first-order valence-electron chi connectivity index (χ1n) is 4.41. The molecule has 2 N–H and O–H groups in total. The number of hydrogen-bond acceptors (Lipinski definition) is 2. The normalized spacial score (nSPS) is 28.3. The maximum absolute atomic E-state index is 11.7. The lowest BCUT2D eigenvalue weighted by atomic mass is 9.94. The van der Waals surface area contributed by atoms with Gasteiger partial charge < -0.3 is 10.5 Å². The van der Waals surface area contributed by atoms with Gasteiger partial charge in [-0.2, -0.15) is 13.2 Å². The van der Waals surface area contributed by atoms with Crippen LogP contribution in [0.1, 0.15) is 25.7 Å². The standard InChI is InChI=1S/C8H14F3NO.ClH/c9-8(10,11)5-13-7-3-1-6(12)2-4-7;/h6-7H,1-5,12H2;1H. The van der Waals surface area contributed by atoms with Gasteiger partial charge in [0, 0.05) is 6.04 Å². The molecule has 86 valence electrons. The van der Waals surface area contributed by atoms with E-state index < -0.39 is 12.8 Å². The highest BCUT2D eigenvalue weighted by Gasteiger charge is 2.30. The summed E-state index contributed by atoms with van der Waals surface area (Å²) in [5.41, 5.74) is 5.60. The molecule has 1 aliphatic rings. The third-order valence-corrected chi connectivity index (χ3v) is 2.20. The number of hydrogen-bond donors (Lipinski definition) is 1. The van der Waals surface area contributed by atoms with Gasteiger partial charge in [-0.15, -0.1) is 12.4 Å². The zero-order chi connectivity index (χ0) is 9.90. The molecule has 0 unspecified atom stereocenters. The quantitative estimate of drug-likeness (QED) is 0.794. The van der Waals surface area contributed by atoms with Crippen LogP contribution in [-0.4, -0.2) is 24.9 Å². The summed E-state index contributed by atoms with van der Waals surface area (Å²) in [4.78, 5) is 0. The highest BCUT2D eigenvalue weighted by Crippen LogP contribution is 2.23. The van der Waals surface area contributed by atoms with Crippen LogP contribution in [0.15, 0.2) is 0 Å². The average Bonchev–Trinajstić information content (AvgIpc) is 2.02. The van der Waals surface area contributed by atoms with E-state index in [2.05, 4.69) is 0 Å². The van der Waals surface area contributed by atoms with Gasteiger partial charge in [0.1, 0.15) is 6.61 Å². The first-order chi connectivity index (χ1) is 5.97.